The van der Waals surface area contributed by atoms with Crippen LogP contribution in [0.3, 0.4) is 0 Å². The van der Waals surface area contributed by atoms with Crippen LogP contribution in [0.1, 0.15) is 39.0 Å². The number of benzene rings is 1. The second kappa shape index (κ2) is 11.0. The van der Waals surface area contributed by atoms with Gasteiger partial charge in [0.25, 0.3) is 0 Å². The van der Waals surface area contributed by atoms with Gasteiger partial charge in [0, 0.05) is 25.7 Å². The van der Waals surface area contributed by atoms with E-state index in [9.17, 15) is 14.0 Å². The summed E-state index contributed by atoms with van der Waals surface area (Å²) in [6.45, 7) is 10.4. The molecular formula is C23H32FN5O3. The first kappa shape index (κ1) is 25.2. The summed E-state index contributed by atoms with van der Waals surface area (Å²) in [6, 6.07) is 7.50. The first-order valence-corrected chi connectivity index (χ1v) is 10.4. The lowest BCUT2D eigenvalue weighted by Gasteiger charge is -2.30. The van der Waals surface area contributed by atoms with E-state index in [1.165, 1.54) is 24.3 Å². The minimum absolute atomic E-state index is 0.0786. The van der Waals surface area contributed by atoms with Crippen LogP contribution in [0.25, 0.3) is 0 Å². The van der Waals surface area contributed by atoms with Gasteiger partial charge in [-0.05, 0) is 64.6 Å². The highest BCUT2D eigenvalue weighted by molar-refractivity contribution is 5.99. The van der Waals surface area contributed by atoms with E-state index in [0.29, 0.717) is 25.3 Å². The van der Waals surface area contributed by atoms with Gasteiger partial charge in [-0.1, -0.05) is 6.07 Å². The SMILES string of the molecule is CC(=O)N(CCN(C)Cc1ccc(F)c(NC(=O)Nc2ccc(C)nc2)c1)OC(C)(C)C. The normalized spacial score (nSPS) is 11.4. The molecule has 0 unspecified atom stereocenters. The molecule has 0 bridgehead atoms. The molecule has 2 aromatic rings. The van der Waals surface area contributed by atoms with E-state index in [1.54, 1.807) is 24.3 Å². The Bertz CT molecular complexity index is 928. The average Bonchev–Trinajstić information content (AvgIpc) is 2.68. The molecule has 2 N–H and O–H groups in total. The predicted molar refractivity (Wildman–Crippen MR) is 123 cm³/mol. The molecular weight excluding hydrogens is 413 g/mol. The third-order valence-electron chi connectivity index (χ3n) is 4.32. The van der Waals surface area contributed by atoms with Crippen molar-refractivity contribution >= 4 is 23.3 Å². The van der Waals surface area contributed by atoms with Gasteiger partial charge in [-0.15, -0.1) is 0 Å². The van der Waals surface area contributed by atoms with Crippen LogP contribution >= 0.6 is 0 Å². The Morgan fingerprint density at radius 3 is 2.44 bits per heavy atom. The van der Waals surface area contributed by atoms with Crippen molar-refractivity contribution in [2.45, 2.75) is 46.8 Å². The zero-order valence-electron chi connectivity index (χ0n) is 19.5. The molecule has 0 saturated carbocycles. The van der Waals surface area contributed by atoms with Gasteiger partial charge >= 0.3 is 6.03 Å². The van der Waals surface area contributed by atoms with Gasteiger partial charge in [-0.3, -0.25) is 14.6 Å². The Morgan fingerprint density at radius 1 is 1.12 bits per heavy atom. The number of hydroxylamine groups is 2. The predicted octanol–water partition coefficient (Wildman–Crippen LogP) is 4.18. The fourth-order valence-electron chi connectivity index (χ4n) is 2.84. The van der Waals surface area contributed by atoms with Crippen LogP contribution in [0.15, 0.2) is 36.5 Å². The molecule has 2 rings (SSSR count). The Kier molecular flexibility index (Phi) is 8.68. The summed E-state index contributed by atoms with van der Waals surface area (Å²) in [5.41, 5.74) is 1.76. The van der Waals surface area contributed by atoms with Crippen molar-refractivity contribution in [1.82, 2.24) is 14.9 Å². The number of aryl methyl sites for hydroxylation is 1. The number of aromatic nitrogens is 1. The largest absolute Gasteiger partial charge is 0.323 e. The Hall–Kier alpha value is -3.04. The van der Waals surface area contributed by atoms with Crippen molar-refractivity contribution in [3.05, 3.63) is 53.6 Å². The first-order chi connectivity index (χ1) is 14.9. The number of halogens is 1. The van der Waals surface area contributed by atoms with Gasteiger partial charge in [0.15, 0.2) is 0 Å². The molecule has 32 heavy (non-hydrogen) atoms. The molecule has 8 nitrogen and oxygen atoms in total. The summed E-state index contributed by atoms with van der Waals surface area (Å²) in [4.78, 5) is 35.8. The molecule has 0 saturated heterocycles. The van der Waals surface area contributed by atoms with Crippen molar-refractivity contribution < 1.29 is 18.8 Å². The lowest BCUT2D eigenvalue weighted by Crippen LogP contribution is -2.41. The zero-order chi connectivity index (χ0) is 23.9. The zero-order valence-corrected chi connectivity index (χ0v) is 19.5. The van der Waals surface area contributed by atoms with E-state index in [4.69, 9.17) is 4.84 Å². The van der Waals surface area contributed by atoms with Crippen molar-refractivity contribution in [3.63, 3.8) is 0 Å². The first-order valence-electron chi connectivity index (χ1n) is 10.4. The van der Waals surface area contributed by atoms with E-state index in [-0.39, 0.29) is 11.6 Å². The minimum atomic E-state index is -0.559. The smallest absolute Gasteiger partial charge is 0.306 e. The molecule has 0 atom stereocenters. The fraction of sp³-hybridized carbons (Fsp3) is 0.435. The molecule has 174 valence electrons. The van der Waals surface area contributed by atoms with Crippen LogP contribution in [-0.2, 0) is 16.2 Å². The Labute approximate surface area is 188 Å². The third kappa shape index (κ3) is 8.60. The maximum atomic E-state index is 14.2. The molecule has 0 radical (unpaired) electrons. The van der Waals surface area contributed by atoms with Crippen molar-refractivity contribution in [2.24, 2.45) is 0 Å². The minimum Gasteiger partial charge on any atom is -0.306 e. The van der Waals surface area contributed by atoms with Gasteiger partial charge < -0.3 is 15.5 Å². The van der Waals surface area contributed by atoms with Crippen molar-refractivity contribution in [3.8, 4) is 0 Å². The Balaban J connectivity index is 1.95. The van der Waals surface area contributed by atoms with Crippen molar-refractivity contribution in [1.29, 1.82) is 0 Å². The average molecular weight is 446 g/mol. The number of pyridine rings is 1. The van der Waals surface area contributed by atoms with Crippen LogP contribution in [0.5, 0.6) is 0 Å². The Morgan fingerprint density at radius 2 is 1.84 bits per heavy atom. The number of hydrogen-bond donors (Lipinski definition) is 2. The maximum Gasteiger partial charge on any atom is 0.323 e. The van der Waals surface area contributed by atoms with Crippen LogP contribution < -0.4 is 10.6 Å². The molecule has 1 heterocycles. The highest BCUT2D eigenvalue weighted by Crippen LogP contribution is 2.18. The van der Waals surface area contributed by atoms with E-state index in [1.807, 2.05) is 39.6 Å². The molecule has 1 aromatic carbocycles. The number of carbonyl (C=O) groups is 2. The number of carbonyl (C=O) groups excluding carboxylic acids is 2. The number of anilines is 2. The summed E-state index contributed by atoms with van der Waals surface area (Å²) >= 11 is 0. The van der Waals surface area contributed by atoms with Gasteiger partial charge in [0.05, 0.1) is 29.7 Å². The van der Waals surface area contributed by atoms with Crippen molar-refractivity contribution in [2.75, 3.05) is 30.8 Å². The molecule has 0 aliphatic rings. The summed E-state index contributed by atoms with van der Waals surface area (Å²) in [5.74, 6) is -0.703. The number of hydrogen-bond acceptors (Lipinski definition) is 5. The molecule has 0 aliphatic carbocycles. The highest BCUT2D eigenvalue weighted by atomic mass is 19.1. The standard InChI is InChI=1S/C23H32FN5O3/c1-16-7-9-19(14-25-16)26-22(31)27-21-13-18(8-10-20(21)24)15-28(6)11-12-29(17(2)30)32-23(3,4)5/h7-10,13-14H,11-12,15H2,1-6H3,(H2,26,27,31). The second-order valence-electron chi connectivity index (χ2n) is 8.64. The maximum absolute atomic E-state index is 14.2. The van der Waals surface area contributed by atoms with Gasteiger partial charge in [0.2, 0.25) is 5.91 Å². The molecule has 1 aromatic heterocycles. The fourth-order valence-corrected chi connectivity index (χ4v) is 2.84. The second-order valence-corrected chi connectivity index (χ2v) is 8.64. The summed E-state index contributed by atoms with van der Waals surface area (Å²) in [7, 11) is 1.89. The number of rotatable bonds is 8. The van der Waals surface area contributed by atoms with Gasteiger partial charge in [-0.25, -0.2) is 14.2 Å². The lowest BCUT2D eigenvalue weighted by molar-refractivity contribution is -0.226. The third-order valence-corrected chi connectivity index (χ3v) is 4.32. The summed E-state index contributed by atoms with van der Waals surface area (Å²) in [5, 5.41) is 6.51. The lowest BCUT2D eigenvalue weighted by atomic mass is 10.2. The quantitative estimate of drug-likeness (QED) is 0.595. The van der Waals surface area contributed by atoms with Gasteiger partial charge in [0.1, 0.15) is 5.82 Å². The highest BCUT2D eigenvalue weighted by Gasteiger charge is 2.20. The van der Waals surface area contributed by atoms with E-state index in [2.05, 4.69) is 15.6 Å². The molecule has 0 aliphatic heterocycles. The molecule has 0 spiro atoms. The van der Waals surface area contributed by atoms with E-state index < -0.39 is 17.4 Å². The molecule has 9 heteroatoms. The summed E-state index contributed by atoms with van der Waals surface area (Å²) < 4.78 is 14.2. The van der Waals surface area contributed by atoms with Crippen LogP contribution in [0.2, 0.25) is 0 Å². The number of nitrogens with zero attached hydrogens (tertiary/aromatic N) is 3. The van der Waals surface area contributed by atoms with Crippen LogP contribution in [0.4, 0.5) is 20.6 Å². The molecule has 3 amide bonds. The monoisotopic (exact) mass is 445 g/mol. The number of amides is 3. The number of nitrogens with one attached hydrogen (secondary N) is 2. The van der Waals surface area contributed by atoms with Gasteiger partial charge in [-0.2, -0.15) is 0 Å². The summed E-state index contributed by atoms with van der Waals surface area (Å²) in [6.07, 6.45) is 1.53. The van der Waals surface area contributed by atoms with E-state index >= 15 is 0 Å². The van der Waals surface area contributed by atoms with Crippen LogP contribution in [-0.4, -0.2) is 52.6 Å². The topological polar surface area (TPSA) is 86.8 Å². The van der Waals surface area contributed by atoms with E-state index in [0.717, 1.165) is 11.3 Å². The van der Waals surface area contributed by atoms with Crippen LogP contribution in [0, 0.1) is 12.7 Å². The number of likely N-dealkylation sites (N-methyl/N-ethyl adjacent to an activating group) is 1. The molecule has 0 fully saturated rings. The number of urea groups is 1.